The predicted molar refractivity (Wildman–Crippen MR) is 69.6 cm³/mol. The summed E-state index contributed by atoms with van der Waals surface area (Å²) < 4.78 is 0. The first-order valence-electron chi connectivity index (χ1n) is 7.14. The standard InChI is InChI=1S/C14H28N2/c1-11-9-12(2)13(3)16(10-11)8-6-14-5-4-7-15-14/h11-15H,4-10H2,1-3H3. The highest BCUT2D eigenvalue weighted by molar-refractivity contribution is 4.83. The van der Waals surface area contributed by atoms with E-state index in [1.54, 1.807) is 0 Å². The molecule has 2 fully saturated rings. The summed E-state index contributed by atoms with van der Waals surface area (Å²) in [6, 6.07) is 1.59. The Balaban J connectivity index is 1.78. The largest absolute Gasteiger partial charge is 0.314 e. The lowest BCUT2D eigenvalue weighted by Gasteiger charge is -2.41. The Labute approximate surface area is 101 Å². The summed E-state index contributed by atoms with van der Waals surface area (Å²) in [5, 5.41) is 3.61. The van der Waals surface area contributed by atoms with Crippen molar-refractivity contribution in [3.63, 3.8) is 0 Å². The van der Waals surface area contributed by atoms with E-state index in [-0.39, 0.29) is 0 Å². The summed E-state index contributed by atoms with van der Waals surface area (Å²) in [6.45, 7) is 11.1. The zero-order valence-corrected chi connectivity index (χ0v) is 11.2. The molecule has 2 heteroatoms. The number of hydrogen-bond donors (Lipinski definition) is 1. The lowest BCUT2D eigenvalue weighted by atomic mass is 9.86. The van der Waals surface area contributed by atoms with Gasteiger partial charge in [0.1, 0.15) is 0 Å². The van der Waals surface area contributed by atoms with Crippen LogP contribution >= 0.6 is 0 Å². The number of nitrogens with one attached hydrogen (secondary N) is 1. The van der Waals surface area contributed by atoms with Crippen LogP contribution in [0.25, 0.3) is 0 Å². The van der Waals surface area contributed by atoms with Crippen LogP contribution in [0.1, 0.15) is 46.5 Å². The maximum Gasteiger partial charge on any atom is 0.00927 e. The SMILES string of the molecule is CC1CC(C)C(C)N(CCC2CCCN2)C1. The second-order valence-electron chi connectivity index (χ2n) is 6.14. The van der Waals surface area contributed by atoms with Crippen LogP contribution in [0, 0.1) is 11.8 Å². The van der Waals surface area contributed by atoms with Gasteiger partial charge in [0, 0.05) is 18.6 Å². The van der Waals surface area contributed by atoms with E-state index >= 15 is 0 Å². The van der Waals surface area contributed by atoms with Gasteiger partial charge in [-0.1, -0.05) is 13.8 Å². The van der Waals surface area contributed by atoms with Gasteiger partial charge in [0.15, 0.2) is 0 Å². The topological polar surface area (TPSA) is 15.3 Å². The first-order chi connectivity index (χ1) is 7.66. The average molecular weight is 224 g/mol. The Kier molecular flexibility index (Phi) is 4.26. The molecule has 0 aliphatic carbocycles. The van der Waals surface area contributed by atoms with Gasteiger partial charge < -0.3 is 10.2 Å². The van der Waals surface area contributed by atoms with Crippen LogP contribution in [0.15, 0.2) is 0 Å². The fraction of sp³-hybridized carbons (Fsp3) is 1.00. The van der Waals surface area contributed by atoms with Crippen LogP contribution < -0.4 is 5.32 Å². The first kappa shape index (κ1) is 12.4. The van der Waals surface area contributed by atoms with E-state index < -0.39 is 0 Å². The number of rotatable bonds is 3. The Morgan fingerprint density at radius 2 is 2.06 bits per heavy atom. The average Bonchev–Trinajstić information content (AvgIpc) is 2.74. The number of piperidine rings is 1. The fourth-order valence-corrected chi connectivity index (χ4v) is 3.45. The van der Waals surface area contributed by atoms with Crippen LogP contribution in [0.3, 0.4) is 0 Å². The highest BCUT2D eigenvalue weighted by Crippen LogP contribution is 2.27. The molecule has 0 spiro atoms. The number of hydrogen-bond acceptors (Lipinski definition) is 2. The molecule has 16 heavy (non-hydrogen) atoms. The normalized spacial score (nSPS) is 41.4. The molecule has 4 unspecified atom stereocenters. The molecule has 0 amide bonds. The van der Waals surface area contributed by atoms with E-state index in [2.05, 4.69) is 31.0 Å². The Hall–Kier alpha value is -0.0800. The van der Waals surface area contributed by atoms with Gasteiger partial charge in [0.2, 0.25) is 0 Å². The summed E-state index contributed by atoms with van der Waals surface area (Å²) in [5.74, 6) is 1.77. The Morgan fingerprint density at radius 3 is 2.75 bits per heavy atom. The number of likely N-dealkylation sites (tertiary alicyclic amines) is 1. The molecule has 1 N–H and O–H groups in total. The summed E-state index contributed by atoms with van der Waals surface area (Å²) in [7, 11) is 0. The van der Waals surface area contributed by atoms with Gasteiger partial charge in [-0.25, -0.2) is 0 Å². The number of nitrogens with zero attached hydrogens (tertiary/aromatic N) is 1. The molecule has 2 heterocycles. The third kappa shape index (κ3) is 2.98. The minimum atomic E-state index is 0.789. The molecule has 0 bridgehead atoms. The van der Waals surface area contributed by atoms with Gasteiger partial charge in [0.25, 0.3) is 0 Å². The van der Waals surface area contributed by atoms with Crippen LogP contribution in [-0.2, 0) is 0 Å². The molecule has 4 atom stereocenters. The molecule has 2 aliphatic heterocycles. The molecule has 2 saturated heterocycles. The monoisotopic (exact) mass is 224 g/mol. The molecule has 0 saturated carbocycles. The van der Waals surface area contributed by atoms with Crippen LogP contribution in [0.4, 0.5) is 0 Å². The van der Waals surface area contributed by atoms with Crippen molar-refractivity contribution in [2.24, 2.45) is 11.8 Å². The molecule has 0 aromatic rings. The minimum absolute atomic E-state index is 0.789. The third-order valence-electron chi connectivity index (χ3n) is 4.65. The second-order valence-corrected chi connectivity index (χ2v) is 6.14. The van der Waals surface area contributed by atoms with E-state index in [9.17, 15) is 0 Å². The zero-order chi connectivity index (χ0) is 11.5. The molecule has 0 aromatic heterocycles. The first-order valence-corrected chi connectivity index (χ1v) is 7.14. The quantitative estimate of drug-likeness (QED) is 0.792. The van der Waals surface area contributed by atoms with E-state index in [4.69, 9.17) is 0 Å². The third-order valence-corrected chi connectivity index (χ3v) is 4.65. The zero-order valence-electron chi connectivity index (χ0n) is 11.2. The van der Waals surface area contributed by atoms with Gasteiger partial charge in [-0.3, -0.25) is 0 Å². The summed E-state index contributed by atoms with van der Waals surface area (Å²) >= 11 is 0. The van der Waals surface area contributed by atoms with Gasteiger partial charge in [-0.15, -0.1) is 0 Å². The second kappa shape index (κ2) is 5.50. The van der Waals surface area contributed by atoms with Crippen molar-refractivity contribution in [1.29, 1.82) is 0 Å². The molecule has 2 rings (SSSR count). The predicted octanol–water partition coefficient (Wildman–Crippen LogP) is 2.49. The summed E-state index contributed by atoms with van der Waals surface area (Å²) in [4.78, 5) is 2.72. The molecule has 2 nitrogen and oxygen atoms in total. The maximum atomic E-state index is 3.61. The van der Waals surface area contributed by atoms with Crippen molar-refractivity contribution in [1.82, 2.24) is 10.2 Å². The van der Waals surface area contributed by atoms with Crippen molar-refractivity contribution in [2.45, 2.75) is 58.5 Å². The van der Waals surface area contributed by atoms with E-state index in [1.165, 1.54) is 45.3 Å². The molecular weight excluding hydrogens is 196 g/mol. The molecule has 94 valence electrons. The van der Waals surface area contributed by atoms with E-state index in [0.717, 1.165) is 23.9 Å². The summed E-state index contributed by atoms with van der Waals surface area (Å²) in [6.07, 6.45) is 5.55. The smallest absolute Gasteiger partial charge is 0.00927 e. The van der Waals surface area contributed by atoms with Gasteiger partial charge in [-0.2, -0.15) is 0 Å². The van der Waals surface area contributed by atoms with E-state index in [0.29, 0.717) is 0 Å². The Morgan fingerprint density at radius 1 is 1.25 bits per heavy atom. The molecule has 0 aromatic carbocycles. The van der Waals surface area contributed by atoms with Gasteiger partial charge in [0.05, 0.1) is 0 Å². The summed E-state index contributed by atoms with van der Waals surface area (Å²) in [5.41, 5.74) is 0. The molecular formula is C14H28N2. The van der Waals surface area contributed by atoms with Crippen molar-refractivity contribution in [3.05, 3.63) is 0 Å². The van der Waals surface area contributed by atoms with Crippen molar-refractivity contribution < 1.29 is 0 Å². The van der Waals surface area contributed by atoms with Gasteiger partial charge >= 0.3 is 0 Å². The van der Waals surface area contributed by atoms with Crippen molar-refractivity contribution >= 4 is 0 Å². The lowest BCUT2D eigenvalue weighted by molar-refractivity contribution is 0.0764. The minimum Gasteiger partial charge on any atom is -0.314 e. The van der Waals surface area contributed by atoms with Crippen molar-refractivity contribution in [2.75, 3.05) is 19.6 Å². The van der Waals surface area contributed by atoms with Crippen LogP contribution in [-0.4, -0.2) is 36.6 Å². The molecule has 0 radical (unpaired) electrons. The highest BCUT2D eigenvalue weighted by atomic mass is 15.2. The van der Waals surface area contributed by atoms with Crippen LogP contribution in [0.5, 0.6) is 0 Å². The molecule has 2 aliphatic rings. The lowest BCUT2D eigenvalue weighted by Crippen LogP contribution is -2.47. The highest BCUT2D eigenvalue weighted by Gasteiger charge is 2.28. The van der Waals surface area contributed by atoms with E-state index in [1.807, 2.05) is 0 Å². The fourth-order valence-electron chi connectivity index (χ4n) is 3.45. The van der Waals surface area contributed by atoms with Crippen molar-refractivity contribution in [3.8, 4) is 0 Å². The van der Waals surface area contributed by atoms with Crippen LogP contribution in [0.2, 0.25) is 0 Å². The Bertz CT molecular complexity index is 211. The maximum absolute atomic E-state index is 3.61. The van der Waals surface area contributed by atoms with Gasteiger partial charge in [-0.05, 0) is 57.5 Å².